The van der Waals surface area contributed by atoms with E-state index in [-0.39, 0.29) is 5.41 Å². The lowest BCUT2D eigenvalue weighted by Gasteiger charge is -2.21. The molecule has 0 aliphatic carbocycles. The molecule has 1 fully saturated rings. The Morgan fingerprint density at radius 3 is 2.76 bits per heavy atom. The van der Waals surface area contributed by atoms with Crippen LogP contribution < -0.4 is 4.90 Å². The fraction of sp³-hybridized carbons (Fsp3) is 0.533. The first kappa shape index (κ1) is 10.8. The van der Waals surface area contributed by atoms with Gasteiger partial charge < -0.3 is 4.90 Å². The summed E-state index contributed by atoms with van der Waals surface area (Å²) >= 11 is 0. The van der Waals surface area contributed by atoms with Crippen molar-refractivity contribution in [1.82, 2.24) is 0 Å². The molecule has 0 bridgehead atoms. The molecule has 2 heteroatoms. The van der Waals surface area contributed by atoms with E-state index in [0.717, 1.165) is 24.9 Å². The van der Waals surface area contributed by atoms with Gasteiger partial charge in [0.1, 0.15) is 0 Å². The molecule has 3 rings (SSSR count). The molecule has 0 aromatic heterocycles. The zero-order valence-corrected chi connectivity index (χ0v) is 10.8. The van der Waals surface area contributed by atoms with Gasteiger partial charge in [0.2, 0.25) is 5.91 Å². The van der Waals surface area contributed by atoms with Gasteiger partial charge in [0.25, 0.3) is 0 Å². The third-order valence-electron chi connectivity index (χ3n) is 3.99. The number of nitrogens with zero attached hydrogens (tertiary/aromatic N) is 1. The van der Waals surface area contributed by atoms with Gasteiger partial charge >= 0.3 is 0 Å². The van der Waals surface area contributed by atoms with Crippen molar-refractivity contribution in [2.24, 2.45) is 0 Å². The normalized spacial score (nSPS) is 22.9. The predicted molar refractivity (Wildman–Crippen MR) is 69.4 cm³/mol. The molecule has 2 nitrogen and oxygen atoms in total. The highest BCUT2D eigenvalue weighted by Gasteiger charge is 2.38. The Morgan fingerprint density at radius 2 is 2.06 bits per heavy atom. The number of hydrogen-bond donors (Lipinski definition) is 0. The van der Waals surface area contributed by atoms with Gasteiger partial charge in [0.05, 0.1) is 0 Å². The molecule has 2 heterocycles. The lowest BCUT2D eigenvalue weighted by Crippen LogP contribution is -2.28. The number of hydrogen-bond acceptors (Lipinski definition) is 1. The van der Waals surface area contributed by atoms with E-state index in [4.69, 9.17) is 0 Å². The molecule has 2 aliphatic heterocycles. The van der Waals surface area contributed by atoms with Gasteiger partial charge in [-0.1, -0.05) is 32.9 Å². The number of amides is 1. The maximum atomic E-state index is 11.8. The third kappa shape index (κ3) is 1.58. The molecule has 17 heavy (non-hydrogen) atoms. The Kier molecular flexibility index (Phi) is 2.13. The lowest BCUT2D eigenvalue weighted by atomic mass is 9.85. The molecule has 0 spiro atoms. The summed E-state index contributed by atoms with van der Waals surface area (Å²) in [6, 6.07) is 7.04. The van der Waals surface area contributed by atoms with Crippen LogP contribution in [-0.2, 0) is 16.6 Å². The van der Waals surface area contributed by atoms with Crippen molar-refractivity contribution in [1.29, 1.82) is 0 Å². The number of benzene rings is 1. The summed E-state index contributed by atoms with van der Waals surface area (Å²) in [6.45, 7) is 6.70. The fourth-order valence-corrected chi connectivity index (χ4v) is 2.97. The topological polar surface area (TPSA) is 20.3 Å². The molecule has 0 saturated carbocycles. The van der Waals surface area contributed by atoms with Crippen molar-refractivity contribution in [3.05, 3.63) is 29.3 Å². The minimum atomic E-state index is 0.187. The lowest BCUT2D eigenvalue weighted by molar-refractivity contribution is -0.117. The number of rotatable bonds is 0. The molecular weight excluding hydrogens is 210 g/mol. The van der Waals surface area contributed by atoms with Crippen LogP contribution in [0.1, 0.15) is 44.7 Å². The molecule has 1 atom stereocenters. The SMILES string of the molecule is CC(C)(C)c1ccc2c(c1)CC1CCC(=O)N21. The summed E-state index contributed by atoms with van der Waals surface area (Å²) in [4.78, 5) is 13.8. The fourth-order valence-electron chi connectivity index (χ4n) is 2.97. The predicted octanol–water partition coefficient (Wildman–Crippen LogP) is 3.04. The van der Waals surface area contributed by atoms with E-state index in [2.05, 4.69) is 39.0 Å². The van der Waals surface area contributed by atoms with Crippen molar-refractivity contribution >= 4 is 11.6 Å². The molecule has 0 N–H and O–H groups in total. The van der Waals surface area contributed by atoms with Crippen molar-refractivity contribution < 1.29 is 4.79 Å². The minimum absolute atomic E-state index is 0.187. The summed E-state index contributed by atoms with van der Waals surface area (Å²) in [7, 11) is 0. The first-order valence-electron chi connectivity index (χ1n) is 6.42. The van der Waals surface area contributed by atoms with Crippen molar-refractivity contribution in [3.63, 3.8) is 0 Å². The summed E-state index contributed by atoms with van der Waals surface area (Å²) in [5.41, 5.74) is 4.07. The van der Waals surface area contributed by atoms with Crippen molar-refractivity contribution in [2.75, 3.05) is 4.90 Å². The van der Waals surface area contributed by atoms with E-state index >= 15 is 0 Å². The molecule has 1 amide bonds. The zero-order valence-electron chi connectivity index (χ0n) is 10.8. The third-order valence-corrected chi connectivity index (χ3v) is 3.99. The highest BCUT2D eigenvalue weighted by Crippen LogP contribution is 2.40. The quantitative estimate of drug-likeness (QED) is 0.669. The Morgan fingerprint density at radius 1 is 1.29 bits per heavy atom. The highest BCUT2D eigenvalue weighted by molar-refractivity contribution is 5.98. The largest absolute Gasteiger partial charge is 0.309 e. The smallest absolute Gasteiger partial charge is 0.227 e. The second-order valence-corrected chi connectivity index (χ2v) is 6.25. The van der Waals surface area contributed by atoms with Gasteiger partial charge in [-0.3, -0.25) is 4.79 Å². The monoisotopic (exact) mass is 229 g/mol. The van der Waals surface area contributed by atoms with Crippen LogP contribution in [0.5, 0.6) is 0 Å². The Labute approximate surface area is 103 Å². The molecule has 1 unspecified atom stereocenters. The first-order valence-corrected chi connectivity index (χ1v) is 6.42. The van der Waals surface area contributed by atoms with Crippen molar-refractivity contribution in [3.8, 4) is 0 Å². The molecule has 90 valence electrons. The van der Waals surface area contributed by atoms with E-state index in [9.17, 15) is 4.79 Å². The van der Waals surface area contributed by atoms with Crippen LogP contribution in [0.25, 0.3) is 0 Å². The van der Waals surface area contributed by atoms with E-state index in [1.807, 2.05) is 4.90 Å². The van der Waals surface area contributed by atoms with Gasteiger partial charge in [-0.05, 0) is 35.4 Å². The number of carbonyl (C=O) groups excluding carboxylic acids is 1. The highest BCUT2D eigenvalue weighted by atomic mass is 16.2. The van der Waals surface area contributed by atoms with Crippen molar-refractivity contribution in [2.45, 2.75) is 51.5 Å². The van der Waals surface area contributed by atoms with Crippen LogP contribution in [0.4, 0.5) is 5.69 Å². The summed E-state index contributed by atoms with van der Waals surface area (Å²) < 4.78 is 0. The second-order valence-electron chi connectivity index (χ2n) is 6.25. The zero-order chi connectivity index (χ0) is 12.2. The number of anilines is 1. The first-order chi connectivity index (χ1) is 7.97. The average molecular weight is 229 g/mol. The van der Waals surface area contributed by atoms with Crippen LogP contribution in [0.3, 0.4) is 0 Å². The Balaban J connectivity index is 2.03. The van der Waals surface area contributed by atoms with E-state index in [1.54, 1.807) is 0 Å². The van der Waals surface area contributed by atoms with Crippen LogP contribution in [0, 0.1) is 0 Å². The van der Waals surface area contributed by atoms with Crippen LogP contribution in [-0.4, -0.2) is 11.9 Å². The molecule has 0 radical (unpaired) electrons. The minimum Gasteiger partial charge on any atom is -0.309 e. The second kappa shape index (κ2) is 3.34. The molecule has 1 saturated heterocycles. The van der Waals surface area contributed by atoms with Crippen LogP contribution in [0.2, 0.25) is 0 Å². The molecular formula is C15H19NO. The van der Waals surface area contributed by atoms with E-state index in [0.29, 0.717) is 11.9 Å². The maximum Gasteiger partial charge on any atom is 0.227 e. The van der Waals surface area contributed by atoms with E-state index in [1.165, 1.54) is 11.1 Å². The summed E-state index contributed by atoms with van der Waals surface area (Å²) in [6.07, 6.45) is 2.80. The van der Waals surface area contributed by atoms with Gasteiger partial charge in [0.15, 0.2) is 0 Å². The van der Waals surface area contributed by atoms with Crippen LogP contribution >= 0.6 is 0 Å². The Hall–Kier alpha value is -1.31. The molecule has 1 aromatic rings. The van der Waals surface area contributed by atoms with Gasteiger partial charge in [-0.15, -0.1) is 0 Å². The summed E-state index contributed by atoms with van der Waals surface area (Å²) in [5, 5.41) is 0. The standard InChI is InChI=1S/C15H19NO/c1-15(2,3)11-4-6-13-10(8-11)9-12-5-7-14(17)16(12)13/h4,6,8,12H,5,7,9H2,1-3H3. The van der Waals surface area contributed by atoms with Gasteiger partial charge in [-0.2, -0.15) is 0 Å². The van der Waals surface area contributed by atoms with Crippen LogP contribution in [0.15, 0.2) is 18.2 Å². The molecule has 2 aliphatic rings. The maximum absolute atomic E-state index is 11.8. The van der Waals surface area contributed by atoms with E-state index < -0.39 is 0 Å². The van der Waals surface area contributed by atoms with Gasteiger partial charge in [-0.25, -0.2) is 0 Å². The number of carbonyl (C=O) groups is 1. The number of fused-ring (bicyclic) bond motifs is 3. The molecule has 1 aromatic carbocycles. The summed E-state index contributed by atoms with van der Waals surface area (Å²) in [5.74, 6) is 0.303. The average Bonchev–Trinajstić information content (AvgIpc) is 2.76. The Bertz CT molecular complexity index is 484. The van der Waals surface area contributed by atoms with Gasteiger partial charge in [0, 0.05) is 18.2 Å².